The average molecular weight is 436 g/mol. The van der Waals surface area contributed by atoms with Gasteiger partial charge in [0, 0.05) is 18.7 Å². The second-order valence-electron chi connectivity index (χ2n) is 7.69. The maximum atomic E-state index is 13.4. The van der Waals surface area contributed by atoms with Crippen molar-refractivity contribution in [2.24, 2.45) is 0 Å². The molecule has 2 aromatic carbocycles. The molecule has 0 saturated carbocycles. The third-order valence-electron chi connectivity index (χ3n) is 5.68. The number of fused-ring (bicyclic) bond motifs is 1. The van der Waals surface area contributed by atoms with E-state index < -0.39 is 0 Å². The van der Waals surface area contributed by atoms with Crippen LogP contribution in [-0.4, -0.2) is 50.6 Å². The summed E-state index contributed by atoms with van der Waals surface area (Å²) in [5, 5.41) is 9.19. The first-order chi connectivity index (χ1) is 15.2. The van der Waals surface area contributed by atoms with Gasteiger partial charge in [0.2, 0.25) is 11.1 Å². The van der Waals surface area contributed by atoms with Crippen molar-refractivity contribution in [3.63, 3.8) is 0 Å². The van der Waals surface area contributed by atoms with Crippen LogP contribution in [0.4, 0.5) is 0 Å². The Bertz CT molecular complexity index is 1050. The summed E-state index contributed by atoms with van der Waals surface area (Å²) in [5.74, 6) is 1.72. The van der Waals surface area contributed by atoms with Crippen molar-refractivity contribution in [1.29, 1.82) is 0 Å². The molecular formula is C23H25N5O2S. The van der Waals surface area contributed by atoms with Crippen LogP contribution in [0.25, 0.3) is 11.4 Å². The standard InChI is InChI=1S/C23H25N5O2S/c1-2-30-18-12-10-16(11-13-18)19-20(22(29)27-14-6-7-15-27)31-23-25-24-21(28(23)26-19)17-8-4-3-5-9-17/h3-5,8-13,19-20,26H,2,6-7,14-15H2,1H3/t19-,20-/m1/s1. The highest BCUT2D eigenvalue weighted by molar-refractivity contribution is 8.00. The number of amides is 1. The summed E-state index contributed by atoms with van der Waals surface area (Å²) in [6.45, 7) is 4.25. The molecule has 160 valence electrons. The average Bonchev–Trinajstić information content (AvgIpc) is 3.49. The second-order valence-corrected chi connectivity index (χ2v) is 8.80. The topological polar surface area (TPSA) is 72.3 Å². The minimum atomic E-state index is -0.309. The van der Waals surface area contributed by atoms with Gasteiger partial charge in [-0.05, 0) is 37.5 Å². The van der Waals surface area contributed by atoms with Gasteiger partial charge in [-0.25, -0.2) is 4.68 Å². The van der Waals surface area contributed by atoms with E-state index >= 15 is 0 Å². The molecule has 2 atom stereocenters. The van der Waals surface area contributed by atoms with Gasteiger partial charge < -0.3 is 15.1 Å². The van der Waals surface area contributed by atoms with Crippen molar-refractivity contribution in [2.75, 3.05) is 25.1 Å². The lowest BCUT2D eigenvalue weighted by molar-refractivity contribution is -0.129. The normalized spacial score (nSPS) is 20.2. The highest BCUT2D eigenvalue weighted by Gasteiger charge is 2.40. The van der Waals surface area contributed by atoms with E-state index in [1.54, 1.807) is 0 Å². The van der Waals surface area contributed by atoms with Crippen molar-refractivity contribution < 1.29 is 9.53 Å². The van der Waals surface area contributed by atoms with Crippen molar-refractivity contribution in [3.05, 3.63) is 60.2 Å². The number of rotatable bonds is 5. The Morgan fingerprint density at radius 1 is 1.10 bits per heavy atom. The lowest BCUT2D eigenvalue weighted by atomic mass is 10.0. The second kappa shape index (κ2) is 8.63. The highest BCUT2D eigenvalue weighted by atomic mass is 32.2. The van der Waals surface area contributed by atoms with Gasteiger partial charge in [-0.15, -0.1) is 10.2 Å². The molecule has 1 fully saturated rings. The molecular weight excluding hydrogens is 410 g/mol. The van der Waals surface area contributed by atoms with Crippen LogP contribution in [-0.2, 0) is 4.79 Å². The first-order valence-electron chi connectivity index (χ1n) is 10.7. The molecule has 0 aliphatic carbocycles. The molecule has 2 aliphatic rings. The number of thioether (sulfide) groups is 1. The first-order valence-corrected chi connectivity index (χ1v) is 11.6. The zero-order valence-corrected chi connectivity index (χ0v) is 18.2. The zero-order valence-electron chi connectivity index (χ0n) is 17.4. The fourth-order valence-corrected chi connectivity index (χ4v) is 5.29. The van der Waals surface area contributed by atoms with Gasteiger partial charge in [0.1, 0.15) is 11.0 Å². The number of nitrogens with zero attached hydrogens (tertiary/aromatic N) is 4. The molecule has 3 aromatic rings. The van der Waals surface area contributed by atoms with Gasteiger partial charge in [-0.2, -0.15) is 0 Å². The van der Waals surface area contributed by atoms with E-state index in [2.05, 4.69) is 15.6 Å². The Hall–Kier alpha value is -3.00. The number of carbonyl (C=O) groups is 1. The number of nitrogens with one attached hydrogen (secondary N) is 1. The minimum Gasteiger partial charge on any atom is -0.494 e. The van der Waals surface area contributed by atoms with Crippen molar-refractivity contribution in [2.45, 2.75) is 36.2 Å². The van der Waals surface area contributed by atoms with Crippen LogP contribution >= 0.6 is 11.8 Å². The summed E-state index contributed by atoms with van der Waals surface area (Å²) in [7, 11) is 0. The number of hydrogen-bond donors (Lipinski definition) is 1. The van der Waals surface area contributed by atoms with Crippen molar-refractivity contribution >= 4 is 17.7 Å². The van der Waals surface area contributed by atoms with E-state index in [9.17, 15) is 4.79 Å². The molecule has 8 heteroatoms. The molecule has 1 amide bonds. The molecule has 7 nitrogen and oxygen atoms in total. The van der Waals surface area contributed by atoms with E-state index in [0.717, 1.165) is 48.6 Å². The largest absolute Gasteiger partial charge is 0.494 e. The van der Waals surface area contributed by atoms with Crippen molar-refractivity contribution in [1.82, 2.24) is 19.8 Å². The van der Waals surface area contributed by atoms with Crippen LogP contribution in [0.1, 0.15) is 31.4 Å². The van der Waals surface area contributed by atoms with Gasteiger partial charge in [-0.3, -0.25) is 4.79 Å². The van der Waals surface area contributed by atoms with E-state index in [4.69, 9.17) is 4.74 Å². The summed E-state index contributed by atoms with van der Waals surface area (Å²) in [5.41, 5.74) is 5.56. The van der Waals surface area contributed by atoms with Crippen LogP contribution in [0.15, 0.2) is 59.8 Å². The summed E-state index contributed by atoms with van der Waals surface area (Å²) in [4.78, 5) is 15.4. The van der Waals surface area contributed by atoms with Crippen LogP contribution in [0.5, 0.6) is 5.75 Å². The minimum absolute atomic E-state index is 0.157. The molecule has 0 spiro atoms. The molecule has 2 aliphatic heterocycles. The number of likely N-dealkylation sites (tertiary alicyclic amines) is 1. The predicted octanol–water partition coefficient (Wildman–Crippen LogP) is 3.73. The monoisotopic (exact) mass is 435 g/mol. The van der Waals surface area contributed by atoms with Gasteiger partial charge in [0.25, 0.3) is 0 Å². The van der Waals surface area contributed by atoms with E-state index in [0.29, 0.717) is 11.8 Å². The number of carbonyl (C=O) groups excluding carboxylic acids is 1. The Morgan fingerprint density at radius 3 is 2.55 bits per heavy atom. The van der Waals surface area contributed by atoms with E-state index in [-0.39, 0.29) is 17.2 Å². The Kier molecular flexibility index (Phi) is 5.55. The molecule has 5 rings (SSSR count). The van der Waals surface area contributed by atoms with Crippen LogP contribution in [0, 0.1) is 0 Å². The molecule has 1 N–H and O–H groups in total. The van der Waals surface area contributed by atoms with Crippen LogP contribution < -0.4 is 10.2 Å². The van der Waals surface area contributed by atoms with E-state index in [1.165, 1.54) is 11.8 Å². The first kappa shape index (κ1) is 19.9. The van der Waals surface area contributed by atoms with Gasteiger partial charge in [0.05, 0.1) is 12.6 Å². The molecule has 3 heterocycles. The molecule has 1 aromatic heterocycles. The summed E-state index contributed by atoms with van der Waals surface area (Å²) in [6, 6.07) is 17.7. The predicted molar refractivity (Wildman–Crippen MR) is 121 cm³/mol. The third kappa shape index (κ3) is 3.87. The Labute approximate surface area is 185 Å². The van der Waals surface area contributed by atoms with E-state index in [1.807, 2.05) is 71.1 Å². The van der Waals surface area contributed by atoms with Crippen molar-refractivity contribution in [3.8, 4) is 17.1 Å². The number of benzene rings is 2. The molecule has 31 heavy (non-hydrogen) atoms. The molecule has 1 saturated heterocycles. The molecule has 0 radical (unpaired) electrons. The van der Waals surface area contributed by atoms with Crippen LogP contribution in [0.2, 0.25) is 0 Å². The van der Waals surface area contributed by atoms with Gasteiger partial charge in [-0.1, -0.05) is 54.2 Å². The lowest BCUT2D eigenvalue weighted by Crippen LogP contribution is -2.45. The maximum Gasteiger partial charge on any atom is 0.238 e. The Balaban J connectivity index is 1.51. The van der Waals surface area contributed by atoms with Gasteiger partial charge in [0.15, 0.2) is 5.82 Å². The smallest absolute Gasteiger partial charge is 0.238 e. The quantitative estimate of drug-likeness (QED) is 0.659. The summed E-state index contributed by atoms with van der Waals surface area (Å²) >= 11 is 1.49. The number of aromatic nitrogens is 3. The fraction of sp³-hybridized carbons (Fsp3) is 0.348. The SMILES string of the molecule is CCOc1ccc([C@H]2Nn3c(nnc3-c3ccccc3)S[C@H]2C(=O)N2CCCC2)cc1. The van der Waals surface area contributed by atoms with Crippen LogP contribution in [0.3, 0.4) is 0 Å². The highest BCUT2D eigenvalue weighted by Crippen LogP contribution is 2.40. The number of hydrogen-bond acceptors (Lipinski definition) is 6. The van der Waals surface area contributed by atoms with Gasteiger partial charge >= 0.3 is 0 Å². The number of ether oxygens (including phenoxy) is 1. The third-order valence-corrected chi connectivity index (χ3v) is 6.88. The fourth-order valence-electron chi connectivity index (χ4n) is 4.12. The lowest BCUT2D eigenvalue weighted by Gasteiger charge is -2.35. The summed E-state index contributed by atoms with van der Waals surface area (Å²) in [6.07, 6.45) is 2.14. The maximum absolute atomic E-state index is 13.4. The zero-order chi connectivity index (χ0) is 21.2. The molecule has 0 unspecified atom stereocenters. The Morgan fingerprint density at radius 2 is 1.84 bits per heavy atom. The summed E-state index contributed by atoms with van der Waals surface area (Å²) < 4.78 is 7.51. The molecule has 0 bridgehead atoms.